The van der Waals surface area contributed by atoms with E-state index in [1.165, 1.54) is 19.2 Å². The Morgan fingerprint density at radius 1 is 1.15 bits per heavy atom. The summed E-state index contributed by atoms with van der Waals surface area (Å²) in [5.74, 6) is -0.876. The van der Waals surface area contributed by atoms with Crippen molar-refractivity contribution in [2.45, 2.75) is 30.7 Å². The second kappa shape index (κ2) is 7.09. The first-order valence-corrected chi connectivity index (χ1v) is 7.68. The average molecular weight is 370 g/mol. The number of phenolic OH excluding ortho intramolecular Hbond substituents is 1. The van der Waals surface area contributed by atoms with E-state index >= 15 is 0 Å². The molecule has 1 aliphatic heterocycles. The van der Waals surface area contributed by atoms with Crippen LogP contribution < -0.4 is 15.1 Å². The van der Waals surface area contributed by atoms with Gasteiger partial charge < -0.3 is 44.2 Å². The molecule has 1 aromatic heterocycles. The van der Waals surface area contributed by atoms with E-state index in [2.05, 4.69) is 0 Å². The molecule has 142 valence electrons. The van der Waals surface area contributed by atoms with Crippen LogP contribution in [0.25, 0.3) is 11.0 Å². The highest BCUT2D eigenvalue weighted by molar-refractivity contribution is 5.87. The number of phenols is 1. The van der Waals surface area contributed by atoms with Crippen LogP contribution in [-0.2, 0) is 4.74 Å². The Morgan fingerprint density at radius 3 is 2.54 bits per heavy atom. The lowest BCUT2D eigenvalue weighted by Crippen LogP contribution is -2.60. The predicted molar refractivity (Wildman–Crippen MR) is 85.1 cm³/mol. The summed E-state index contributed by atoms with van der Waals surface area (Å²) in [6, 6.07) is 3.99. The van der Waals surface area contributed by atoms with Gasteiger partial charge in [0.05, 0.1) is 13.7 Å². The van der Waals surface area contributed by atoms with Crippen molar-refractivity contribution < 1.29 is 44.2 Å². The maximum Gasteiger partial charge on any atom is 0.336 e. The van der Waals surface area contributed by atoms with Gasteiger partial charge in [-0.3, -0.25) is 0 Å². The van der Waals surface area contributed by atoms with Crippen molar-refractivity contribution in [2.75, 3.05) is 13.7 Å². The van der Waals surface area contributed by atoms with Gasteiger partial charge in [0, 0.05) is 11.5 Å². The monoisotopic (exact) mass is 370 g/mol. The van der Waals surface area contributed by atoms with Gasteiger partial charge in [0.2, 0.25) is 17.8 Å². The first-order chi connectivity index (χ1) is 12.4. The number of hydrogen-bond acceptors (Lipinski definition) is 10. The lowest BCUT2D eigenvalue weighted by molar-refractivity contribution is -0.277. The van der Waals surface area contributed by atoms with Crippen LogP contribution in [0.2, 0.25) is 0 Å². The lowest BCUT2D eigenvalue weighted by atomic mass is 9.99. The molecule has 2 heterocycles. The number of hydrogen-bond donors (Lipinski definition) is 5. The normalized spacial score (nSPS) is 28.9. The Hall–Kier alpha value is -2.37. The minimum Gasteiger partial charge on any atom is -0.502 e. The van der Waals surface area contributed by atoms with Crippen LogP contribution in [-0.4, -0.2) is 70.0 Å². The van der Waals surface area contributed by atoms with E-state index in [0.717, 1.165) is 6.07 Å². The number of ether oxygens (including phenoxy) is 3. The molecule has 2 aromatic rings. The summed E-state index contributed by atoms with van der Waals surface area (Å²) in [5.41, 5.74) is -0.839. The fourth-order valence-corrected chi connectivity index (χ4v) is 2.69. The van der Waals surface area contributed by atoms with Crippen molar-refractivity contribution in [3.63, 3.8) is 0 Å². The maximum absolute atomic E-state index is 11.5. The third kappa shape index (κ3) is 3.08. The topological polar surface area (TPSA) is 159 Å². The van der Waals surface area contributed by atoms with E-state index in [1.54, 1.807) is 0 Å². The molecule has 0 aliphatic carbocycles. The van der Waals surface area contributed by atoms with E-state index in [-0.39, 0.29) is 17.1 Å². The number of rotatable bonds is 4. The van der Waals surface area contributed by atoms with Gasteiger partial charge in [-0.25, -0.2) is 4.79 Å². The van der Waals surface area contributed by atoms with Gasteiger partial charge >= 0.3 is 5.63 Å². The van der Waals surface area contributed by atoms with Crippen LogP contribution in [0.1, 0.15) is 0 Å². The molecule has 5 N–H and O–H groups in total. The number of aliphatic hydroxyl groups is 4. The molecule has 0 amide bonds. The zero-order chi connectivity index (χ0) is 19.0. The van der Waals surface area contributed by atoms with Crippen molar-refractivity contribution in [3.05, 3.63) is 28.6 Å². The largest absolute Gasteiger partial charge is 0.502 e. The number of aromatic hydroxyl groups is 1. The molecule has 1 aromatic carbocycles. The Bertz CT molecular complexity index is 845. The third-order valence-corrected chi connectivity index (χ3v) is 4.11. The first kappa shape index (κ1) is 18.4. The van der Waals surface area contributed by atoms with Gasteiger partial charge in [-0.2, -0.15) is 0 Å². The summed E-state index contributed by atoms with van der Waals surface area (Å²) in [4.78, 5) is 11.5. The highest BCUT2D eigenvalue weighted by atomic mass is 16.7. The fraction of sp³-hybridized carbons (Fsp3) is 0.438. The minimum absolute atomic E-state index is 0.00550. The number of methoxy groups -OCH3 is 1. The van der Waals surface area contributed by atoms with Crippen LogP contribution in [0.4, 0.5) is 0 Å². The predicted octanol–water partition coefficient (Wildman–Crippen LogP) is -1.31. The molecule has 0 spiro atoms. The second-order valence-electron chi connectivity index (χ2n) is 5.74. The molecule has 0 bridgehead atoms. The first-order valence-electron chi connectivity index (χ1n) is 7.68. The molecule has 1 fully saturated rings. The molecule has 26 heavy (non-hydrogen) atoms. The zero-order valence-electron chi connectivity index (χ0n) is 13.6. The Balaban J connectivity index is 2.06. The quantitative estimate of drug-likeness (QED) is 0.409. The molecule has 5 atom stereocenters. The van der Waals surface area contributed by atoms with E-state index in [9.17, 15) is 30.3 Å². The van der Waals surface area contributed by atoms with Crippen LogP contribution in [0, 0.1) is 0 Å². The van der Waals surface area contributed by atoms with Crippen LogP contribution in [0.15, 0.2) is 27.4 Å². The summed E-state index contributed by atoms with van der Waals surface area (Å²) >= 11 is 0. The van der Waals surface area contributed by atoms with E-state index < -0.39 is 48.7 Å². The van der Waals surface area contributed by atoms with Crippen LogP contribution >= 0.6 is 0 Å². The number of aliphatic hydroxyl groups excluding tert-OH is 4. The van der Waals surface area contributed by atoms with Crippen molar-refractivity contribution in [2.24, 2.45) is 0 Å². The molecule has 10 heteroatoms. The van der Waals surface area contributed by atoms with Gasteiger partial charge in [-0.15, -0.1) is 0 Å². The summed E-state index contributed by atoms with van der Waals surface area (Å²) < 4.78 is 20.8. The molecule has 0 radical (unpaired) electrons. The van der Waals surface area contributed by atoms with E-state index in [4.69, 9.17) is 18.6 Å². The standard InChI is InChI=1S/C16H18O10/c1-23-7-4-6-2-3-9(18)25-14(6)15(11(7)20)26-16-13(22)12(21)10(19)8(5-17)24-16/h2-4,8,10,12-13,16-17,19-22H,5H2,1H3/t8-,10-,12+,13-,16-/m0/s1. The third-order valence-electron chi connectivity index (χ3n) is 4.11. The van der Waals surface area contributed by atoms with Crippen molar-refractivity contribution >= 4 is 11.0 Å². The number of fused-ring (bicyclic) bond motifs is 1. The van der Waals surface area contributed by atoms with Gasteiger partial charge in [0.1, 0.15) is 24.4 Å². The number of benzene rings is 1. The van der Waals surface area contributed by atoms with Gasteiger partial charge in [-0.05, 0) is 12.1 Å². The van der Waals surface area contributed by atoms with Crippen molar-refractivity contribution in [1.29, 1.82) is 0 Å². The van der Waals surface area contributed by atoms with Gasteiger partial charge in [-0.1, -0.05) is 0 Å². The Kier molecular flexibility index (Phi) is 5.03. The average Bonchev–Trinajstić information content (AvgIpc) is 2.64. The van der Waals surface area contributed by atoms with E-state index in [1.807, 2.05) is 0 Å². The second-order valence-corrected chi connectivity index (χ2v) is 5.74. The van der Waals surface area contributed by atoms with Crippen LogP contribution in [0.5, 0.6) is 17.2 Å². The summed E-state index contributed by atoms with van der Waals surface area (Å²) in [7, 11) is 1.30. The van der Waals surface area contributed by atoms with Gasteiger partial charge in [0.25, 0.3) is 0 Å². The highest BCUT2D eigenvalue weighted by Crippen LogP contribution is 2.43. The SMILES string of the molecule is COc1cc2ccc(=O)oc2c(O[C@@H]2O[C@@H](CO)[C@H](O)[C@@H](O)[C@@H]2O)c1O. The molecule has 0 saturated carbocycles. The smallest absolute Gasteiger partial charge is 0.336 e. The Labute approximate surface area is 146 Å². The highest BCUT2D eigenvalue weighted by Gasteiger charge is 2.45. The Morgan fingerprint density at radius 2 is 1.88 bits per heavy atom. The molecular weight excluding hydrogens is 352 g/mol. The molecule has 1 aliphatic rings. The van der Waals surface area contributed by atoms with E-state index in [0.29, 0.717) is 5.39 Å². The maximum atomic E-state index is 11.5. The van der Waals surface area contributed by atoms with Crippen molar-refractivity contribution in [1.82, 2.24) is 0 Å². The molecular formula is C16H18O10. The van der Waals surface area contributed by atoms with Crippen LogP contribution in [0.3, 0.4) is 0 Å². The fourth-order valence-electron chi connectivity index (χ4n) is 2.69. The van der Waals surface area contributed by atoms with Crippen molar-refractivity contribution in [3.8, 4) is 17.2 Å². The zero-order valence-corrected chi connectivity index (χ0v) is 13.6. The minimum atomic E-state index is -1.70. The van der Waals surface area contributed by atoms with Gasteiger partial charge in [0.15, 0.2) is 11.3 Å². The molecule has 10 nitrogen and oxygen atoms in total. The summed E-state index contributed by atoms with van der Waals surface area (Å²) in [5, 5.41) is 49.6. The molecule has 3 rings (SSSR count). The lowest BCUT2D eigenvalue weighted by Gasteiger charge is -2.39. The molecule has 0 unspecified atom stereocenters. The molecule has 1 saturated heterocycles. The summed E-state index contributed by atoms with van der Waals surface area (Å²) in [6.45, 7) is -0.648. The summed E-state index contributed by atoms with van der Waals surface area (Å²) in [6.07, 6.45) is -7.72.